The third-order valence-corrected chi connectivity index (χ3v) is 27.0. The molecule has 5 aliphatic rings. The normalized spacial score (nSPS) is 22.6. The Morgan fingerprint density at radius 2 is 0.812 bits per heavy atom. The molecule has 48 heteroatoms. The Bertz CT molecular complexity index is 6020. The van der Waals surface area contributed by atoms with Crippen LogP contribution in [0.25, 0.3) is 10.8 Å². The molecule has 8 bridgehead atoms. The number of hydrogen-bond donors (Lipinski definition) is 23. The molecule has 25 N–H and O–H groups in total. The summed E-state index contributed by atoms with van der Waals surface area (Å²) >= 11 is 3.37. The number of amides is 17. The second kappa shape index (κ2) is 56.3. The van der Waals surface area contributed by atoms with Crippen molar-refractivity contribution in [2.24, 2.45) is 16.9 Å². The van der Waals surface area contributed by atoms with Gasteiger partial charge in [0.1, 0.15) is 96.4 Å². The van der Waals surface area contributed by atoms with Crippen molar-refractivity contribution in [1.82, 2.24) is 85.1 Å². The van der Waals surface area contributed by atoms with E-state index in [0.29, 0.717) is 55.7 Å². The Hall–Kier alpha value is -15.7. The number of likely N-dealkylation sites (N-methyl/N-ethyl adjacent to an activating group) is 1. The molecule has 0 radical (unpaired) electrons. The number of primary amides is 2. The maximum Gasteiger partial charge on any atom is 0.305 e. The third-order valence-electron chi connectivity index (χ3n) is 23.7. The highest BCUT2D eigenvalue weighted by Crippen LogP contribution is 2.37. The molecule has 15 atom stereocenters. The number of nitrogens with one attached hydrogen (secondary N) is 16. The van der Waals surface area contributed by atoms with Crippen LogP contribution in [-0.2, 0) is 137 Å². The maximum absolute atomic E-state index is 15.4. The summed E-state index contributed by atoms with van der Waals surface area (Å²) < 4.78 is 0. The molecule has 7 aromatic rings. The first-order valence-electron chi connectivity index (χ1n) is 47.4. The molecular formula is C101H123N19O26S3. The predicted octanol–water partition coefficient (Wildman–Crippen LogP) is 0.107. The molecule has 0 unspecified atom stereocenters. The highest BCUT2D eigenvalue weighted by atomic mass is 32.2. The number of carbonyl (C=O) groups is 21. The fourth-order valence-corrected chi connectivity index (χ4v) is 18.7. The molecule has 149 heavy (non-hydrogen) atoms. The van der Waals surface area contributed by atoms with Gasteiger partial charge in [-0.05, 0) is 139 Å². The number of benzene rings is 7. The smallest absolute Gasteiger partial charge is 0.305 e. The van der Waals surface area contributed by atoms with E-state index in [1.807, 2.05) is 4.90 Å². The number of carboxylic acid groups (broad SMARTS) is 4. The lowest BCUT2D eigenvalue weighted by Crippen LogP contribution is -2.62. The second-order valence-electron chi connectivity index (χ2n) is 36.7. The van der Waals surface area contributed by atoms with Crippen molar-refractivity contribution in [3.8, 4) is 5.75 Å². The van der Waals surface area contributed by atoms with Gasteiger partial charge in [-0.2, -0.15) is 35.3 Å². The average Bonchev–Trinajstić information content (AvgIpc) is 0.807. The summed E-state index contributed by atoms with van der Waals surface area (Å²) in [5, 5.41) is 92.4. The van der Waals surface area contributed by atoms with Crippen LogP contribution in [0.4, 0.5) is 17.1 Å². The first-order chi connectivity index (χ1) is 70.7. The van der Waals surface area contributed by atoms with E-state index >= 15 is 28.8 Å². The Balaban J connectivity index is 1.17. The highest BCUT2D eigenvalue weighted by Gasteiger charge is 2.42. The van der Waals surface area contributed by atoms with Gasteiger partial charge < -0.3 is 127 Å². The molecule has 796 valence electrons. The van der Waals surface area contributed by atoms with Crippen LogP contribution in [0.15, 0.2) is 170 Å². The molecule has 0 saturated carbocycles. The number of carboxylic acids is 4. The summed E-state index contributed by atoms with van der Waals surface area (Å²) in [6.07, 6.45) is -8.09. The molecule has 5 aliphatic heterocycles. The fourth-order valence-electron chi connectivity index (χ4n) is 15.7. The number of anilines is 3. The molecule has 0 aliphatic carbocycles. The molecule has 5 heterocycles. The zero-order valence-electron chi connectivity index (χ0n) is 82.5. The molecule has 0 aromatic heterocycles. The number of fused-ring (bicyclic) bond motifs is 28. The minimum atomic E-state index is -2.24. The van der Waals surface area contributed by atoms with Gasteiger partial charge in [-0.25, -0.2) is 0 Å². The molecule has 0 saturated heterocycles. The topological polar surface area (TPSA) is 707 Å². The Morgan fingerprint density at radius 1 is 0.409 bits per heavy atom. The number of thioether (sulfide) groups is 3. The molecule has 45 nitrogen and oxygen atoms in total. The van der Waals surface area contributed by atoms with E-state index in [1.54, 1.807) is 133 Å². The lowest BCUT2D eigenvalue weighted by atomic mass is 9.85. The van der Waals surface area contributed by atoms with Crippen LogP contribution < -0.4 is 101 Å². The number of nitrogens with two attached hydrogens (primary N) is 2. The van der Waals surface area contributed by atoms with Crippen LogP contribution in [0.5, 0.6) is 5.75 Å². The van der Waals surface area contributed by atoms with Gasteiger partial charge in [-0.15, -0.1) is 0 Å². The van der Waals surface area contributed by atoms with Crippen LogP contribution in [0, 0.1) is 5.41 Å². The molecule has 12 rings (SSSR count). The summed E-state index contributed by atoms with van der Waals surface area (Å²) in [6, 6.07) is 19.4. The van der Waals surface area contributed by atoms with Crippen molar-refractivity contribution < 1.29 is 126 Å². The number of carbonyl (C=O) groups excluding carboxylic acids is 17. The zero-order valence-corrected chi connectivity index (χ0v) is 84.9. The van der Waals surface area contributed by atoms with E-state index in [0.717, 1.165) is 23.5 Å². The largest absolute Gasteiger partial charge is 0.508 e. The quantitative estimate of drug-likeness (QED) is 0.0357. The van der Waals surface area contributed by atoms with Crippen molar-refractivity contribution in [1.29, 1.82) is 0 Å². The highest BCUT2D eigenvalue weighted by molar-refractivity contribution is 7.99. The van der Waals surface area contributed by atoms with E-state index in [4.69, 9.17) is 11.5 Å². The monoisotopic (exact) mass is 2110 g/mol. The number of aromatic hydroxyl groups is 1. The number of rotatable bonds is 24. The number of phenolic OH excluding ortho intramolecular Hbond substituents is 1. The fraction of sp³-hybridized carbons (Fsp3) is 0.396. The number of hydrogen-bond acceptors (Lipinski definition) is 27. The zero-order chi connectivity index (χ0) is 109. The number of nitrogens with zero attached hydrogens (tertiary/aromatic N) is 1. The lowest BCUT2D eigenvalue weighted by Gasteiger charge is -2.33. The molecule has 17 amide bonds. The van der Waals surface area contributed by atoms with Gasteiger partial charge in [-0.3, -0.25) is 101 Å². The minimum Gasteiger partial charge on any atom is -0.508 e. The molecule has 0 spiro atoms. The van der Waals surface area contributed by atoms with E-state index < -0.39 is 290 Å². The maximum atomic E-state index is 15.4. The lowest BCUT2D eigenvalue weighted by molar-refractivity contribution is -0.142. The van der Waals surface area contributed by atoms with Crippen LogP contribution in [0.1, 0.15) is 120 Å². The van der Waals surface area contributed by atoms with Gasteiger partial charge >= 0.3 is 23.9 Å². The Labute approximate surface area is 869 Å². The summed E-state index contributed by atoms with van der Waals surface area (Å²) in [6.45, 7) is 8.16. The molecule has 0 fully saturated rings. The summed E-state index contributed by atoms with van der Waals surface area (Å²) in [5.41, 5.74) is 14.9. The van der Waals surface area contributed by atoms with Crippen LogP contribution in [-0.4, -0.2) is 271 Å². The SMILES string of the molecule is CNCC(=O)N[C@@H](C)C(=O)N[C@H]1CSCc2ccc(cc2)N2c3ccc(cc3)CSC[C@@H](C(N)=O)NC(=O)[C@H](C(C)(C)C)NC(=O)[C@H](CC(=O)O)NC(=O)[C@H](Cc3ccc(O)cc3)NC(=O)[C@H](Cc3ccccc3)NC(=O)[C@H](CC(=O)O)NC(=O)[C@H](CCC(=O)O)NC(=O)[C@H](CSCc3ccc2cc3)NC(=O)[C@@H](C)NC(=O)[C@H](Cc2cccc3ccccc23)NC(=O)[C@H](CCC(=O)O)NC(=O)[C@H](CC(N)=O)NC(=O)[C@@H](C)NC1=O. The van der Waals surface area contributed by atoms with Gasteiger partial charge in [0.05, 0.1) is 25.8 Å². The second-order valence-corrected chi connectivity index (χ2v) is 39.8. The van der Waals surface area contributed by atoms with Gasteiger partial charge in [0.15, 0.2) is 0 Å². The van der Waals surface area contributed by atoms with Crippen molar-refractivity contribution in [2.45, 2.75) is 214 Å². The van der Waals surface area contributed by atoms with Gasteiger partial charge in [0.2, 0.25) is 100 Å². The van der Waals surface area contributed by atoms with E-state index in [2.05, 4.69) is 85.1 Å². The minimum absolute atomic E-state index is 0.0259. The van der Waals surface area contributed by atoms with Gasteiger partial charge in [0, 0.05) is 83.7 Å². The average molecular weight is 2120 g/mol. The number of phenols is 1. The standard InChI is InChI=1S/C101H123N19O26S3/c1-53(105-80(123)46-104-7)87(133)117-77-51-148-48-59-22-30-64(31-23-59)120-63-28-20-58(21-29-63)47-147-50-76(86(103)132)116-100(146)85(101(4,5)6)119-97(143)75(45-84(130)131)115-94(140)71(41-57-26-34-66(121)35-27-57)111-93(139)70(40-56-14-9-8-10-15-56)112-96(142)74(44-83(128)129)114-91(137)69(37-39-82(126)127)109-99(145)78(52-149-49-60-24-32-65(120)33-25-60)118-89(135)55(3)106-92(138)72(42-62-18-13-17-61-16-11-12-19-67(61)62)113-90(136)68(36-38-81(124)125)108-95(141)73(43-79(102)122)110-88(134)54(2)107-98(77)144/h8-35,53-55,68-78,85,104,121H,36-52H2,1-7H3,(H2,102,122)(H2,103,132)(H,105,123)(H,106,138)(H,107,144)(H,108,141)(H,109,145)(H,110,134)(H,111,139)(H,112,142)(H,113,136)(H,114,137)(H,115,140)(H,116,146)(H,117,133)(H,118,135)(H,119,143)(H,124,125)(H,126,127)(H,128,129)(H,130,131)/t53-,54+,55+,68-,69-,70-,71-,72-,73-,74-,75-,76-,77-,78-,85+/m0/s1. The first kappa shape index (κ1) is 117. The number of aliphatic carboxylic acids is 4. The third kappa shape index (κ3) is 37.0. The van der Waals surface area contributed by atoms with Crippen LogP contribution >= 0.6 is 35.3 Å². The van der Waals surface area contributed by atoms with Crippen LogP contribution in [0.3, 0.4) is 0 Å². The van der Waals surface area contributed by atoms with Crippen LogP contribution in [0.2, 0.25) is 0 Å². The van der Waals surface area contributed by atoms with E-state index in [1.165, 1.54) is 96.8 Å². The summed E-state index contributed by atoms with van der Waals surface area (Å²) in [7, 11) is 1.50. The van der Waals surface area contributed by atoms with Crippen molar-refractivity contribution in [2.75, 3.05) is 35.8 Å². The van der Waals surface area contributed by atoms with E-state index in [9.17, 15) is 97.5 Å². The van der Waals surface area contributed by atoms with Gasteiger partial charge in [-0.1, -0.05) is 142 Å². The first-order valence-corrected chi connectivity index (χ1v) is 50.9. The van der Waals surface area contributed by atoms with Crippen molar-refractivity contribution in [3.63, 3.8) is 0 Å². The summed E-state index contributed by atoms with van der Waals surface area (Å²) in [4.78, 5) is 299. The Kier molecular flexibility index (Phi) is 44.1. The van der Waals surface area contributed by atoms with Crippen molar-refractivity contribution in [3.05, 3.63) is 203 Å². The summed E-state index contributed by atoms with van der Waals surface area (Å²) in [5.74, 6) is -26.2. The molecular weight excluding hydrogens is 1990 g/mol. The van der Waals surface area contributed by atoms with Crippen molar-refractivity contribution >= 4 is 187 Å². The predicted molar refractivity (Wildman–Crippen MR) is 550 cm³/mol. The van der Waals surface area contributed by atoms with Gasteiger partial charge in [0.25, 0.3) is 0 Å². The Morgan fingerprint density at radius 3 is 1.30 bits per heavy atom. The van der Waals surface area contributed by atoms with E-state index in [-0.39, 0.29) is 46.6 Å². The molecule has 7 aromatic carbocycles.